The van der Waals surface area contributed by atoms with Gasteiger partial charge in [-0.25, -0.2) is 14.2 Å². The molecule has 0 saturated heterocycles. The van der Waals surface area contributed by atoms with Gasteiger partial charge in [-0.1, -0.05) is 26.3 Å². The van der Waals surface area contributed by atoms with Crippen molar-refractivity contribution in [1.82, 2.24) is 0 Å². The molecule has 0 aromatic rings. The van der Waals surface area contributed by atoms with Crippen LogP contribution in [-0.4, -0.2) is 41.0 Å². The molecule has 0 amide bonds. The first-order valence-corrected chi connectivity index (χ1v) is 7.53. The largest absolute Gasteiger partial charge is 0.470 e. The zero-order chi connectivity index (χ0) is 15.6. The van der Waals surface area contributed by atoms with Gasteiger partial charge in [-0.2, -0.15) is 0 Å². The molecule has 0 saturated carbocycles. The van der Waals surface area contributed by atoms with Crippen LogP contribution >= 0.6 is 7.82 Å². The van der Waals surface area contributed by atoms with Crippen LogP contribution in [0, 0.1) is 0 Å². The van der Waals surface area contributed by atoms with Crippen molar-refractivity contribution in [1.29, 1.82) is 0 Å². The minimum absolute atomic E-state index is 0.132. The Morgan fingerprint density at radius 1 is 1.30 bits per heavy atom. The van der Waals surface area contributed by atoms with Gasteiger partial charge in [0.2, 0.25) is 0 Å². The normalized spacial score (nSPS) is 12.6. The van der Waals surface area contributed by atoms with E-state index in [2.05, 4.69) is 15.8 Å². The molecule has 0 spiro atoms. The number of rotatable bonds is 10. The van der Waals surface area contributed by atoms with Gasteiger partial charge < -0.3 is 19.3 Å². The number of phosphoric acid groups is 1. The van der Waals surface area contributed by atoms with Crippen molar-refractivity contribution in [2.24, 2.45) is 0 Å². The highest BCUT2D eigenvalue weighted by Gasteiger charge is 2.28. The van der Waals surface area contributed by atoms with Gasteiger partial charge in [0, 0.05) is 6.08 Å². The smallest absolute Gasteiger partial charge is 0.460 e. The lowest BCUT2D eigenvalue weighted by molar-refractivity contribution is -0.157. The van der Waals surface area contributed by atoms with Crippen LogP contribution in [0.25, 0.3) is 0 Å². The van der Waals surface area contributed by atoms with Gasteiger partial charge in [0.15, 0.2) is 6.10 Å². The number of phosphoric ester groups is 1. The highest BCUT2D eigenvalue weighted by Crippen LogP contribution is 2.38. The van der Waals surface area contributed by atoms with Crippen molar-refractivity contribution in [3.63, 3.8) is 0 Å². The van der Waals surface area contributed by atoms with Crippen molar-refractivity contribution in [2.45, 2.75) is 32.3 Å². The Morgan fingerprint density at radius 2 is 1.90 bits per heavy atom. The molecular weight excluding hydrogens is 291 g/mol. The van der Waals surface area contributed by atoms with Gasteiger partial charge in [-0.3, -0.25) is 4.52 Å². The van der Waals surface area contributed by atoms with Crippen LogP contribution in [0.5, 0.6) is 0 Å². The van der Waals surface area contributed by atoms with Gasteiger partial charge in [-0.05, 0) is 6.42 Å². The second-order valence-corrected chi connectivity index (χ2v) is 4.96. The molecular formula is C11H19O8P. The van der Waals surface area contributed by atoms with Crippen molar-refractivity contribution in [2.75, 3.05) is 13.2 Å². The second-order valence-electron chi connectivity index (χ2n) is 3.77. The third-order valence-electron chi connectivity index (χ3n) is 2.09. The van der Waals surface area contributed by atoms with E-state index < -0.39 is 25.9 Å². The molecule has 9 heteroatoms. The summed E-state index contributed by atoms with van der Waals surface area (Å²) in [5, 5.41) is 0. The molecule has 2 N–H and O–H groups in total. The summed E-state index contributed by atoms with van der Waals surface area (Å²) in [6, 6.07) is 0. The Morgan fingerprint density at radius 3 is 2.40 bits per heavy atom. The first-order chi connectivity index (χ1) is 9.30. The molecule has 0 aliphatic heterocycles. The van der Waals surface area contributed by atoms with Gasteiger partial charge in [0.1, 0.15) is 13.2 Å². The molecule has 0 rings (SSSR count). The number of unbranched alkanes of at least 4 members (excludes halogenated alkanes) is 1. The molecule has 20 heavy (non-hydrogen) atoms. The van der Waals surface area contributed by atoms with Crippen LogP contribution in [-0.2, 0) is 28.2 Å². The highest BCUT2D eigenvalue weighted by atomic mass is 31.2. The van der Waals surface area contributed by atoms with E-state index in [1.165, 1.54) is 0 Å². The number of carbonyl (C=O) groups is 2. The first-order valence-electron chi connectivity index (χ1n) is 6.00. The van der Waals surface area contributed by atoms with E-state index >= 15 is 0 Å². The summed E-state index contributed by atoms with van der Waals surface area (Å²) in [7, 11) is -4.77. The molecule has 0 radical (unpaired) electrons. The lowest BCUT2D eigenvalue weighted by Crippen LogP contribution is -2.27. The maximum atomic E-state index is 11.6. The van der Waals surface area contributed by atoms with Crippen LogP contribution in [0.1, 0.15) is 26.2 Å². The number of hydrogen-bond donors (Lipinski definition) is 2. The van der Waals surface area contributed by atoms with E-state index in [4.69, 9.17) is 14.5 Å². The Labute approximate surface area is 117 Å². The SMILES string of the molecule is C=CC(=O)OCCOC(=O)C(CCCC)OP(=O)(O)O. The van der Waals surface area contributed by atoms with E-state index in [0.717, 1.165) is 12.5 Å². The molecule has 0 aliphatic rings. The molecule has 116 valence electrons. The third kappa shape index (κ3) is 9.69. The highest BCUT2D eigenvalue weighted by molar-refractivity contribution is 7.46. The van der Waals surface area contributed by atoms with E-state index in [0.29, 0.717) is 6.42 Å². The Kier molecular flexibility index (Phi) is 9.07. The van der Waals surface area contributed by atoms with Crippen LogP contribution in [0.2, 0.25) is 0 Å². The Hall–Kier alpha value is -1.21. The summed E-state index contributed by atoms with van der Waals surface area (Å²) in [5.74, 6) is -1.56. The summed E-state index contributed by atoms with van der Waals surface area (Å²) in [4.78, 5) is 39.7. The fraction of sp³-hybridized carbons (Fsp3) is 0.636. The van der Waals surface area contributed by atoms with E-state index in [1.54, 1.807) is 0 Å². The number of hydrogen-bond acceptors (Lipinski definition) is 6. The quantitative estimate of drug-likeness (QED) is 0.265. The average Bonchev–Trinajstić information content (AvgIpc) is 2.37. The fourth-order valence-electron chi connectivity index (χ4n) is 1.21. The molecule has 0 aliphatic carbocycles. The van der Waals surface area contributed by atoms with Crippen molar-refractivity contribution in [3.8, 4) is 0 Å². The van der Waals surface area contributed by atoms with Gasteiger partial charge in [0.05, 0.1) is 0 Å². The number of esters is 2. The van der Waals surface area contributed by atoms with E-state index in [-0.39, 0.29) is 19.6 Å². The zero-order valence-corrected chi connectivity index (χ0v) is 12.1. The maximum Gasteiger partial charge on any atom is 0.470 e. The predicted molar refractivity (Wildman–Crippen MR) is 68.6 cm³/mol. The summed E-state index contributed by atoms with van der Waals surface area (Å²) in [5.41, 5.74) is 0. The number of carbonyl (C=O) groups excluding carboxylic acids is 2. The van der Waals surface area contributed by atoms with Crippen molar-refractivity contribution in [3.05, 3.63) is 12.7 Å². The standard InChI is InChI=1S/C11H19O8P/c1-3-5-6-9(19-20(14,15)16)11(13)18-8-7-17-10(12)4-2/h4,9H,2-3,5-8H2,1H3,(H2,14,15,16). The number of ether oxygens (including phenoxy) is 2. The summed E-state index contributed by atoms with van der Waals surface area (Å²) in [6.07, 6.45) is 1.03. The molecule has 1 unspecified atom stereocenters. The van der Waals surface area contributed by atoms with Crippen molar-refractivity contribution >= 4 is 19.8 Å². The Bertz CT molecular complexity index is 375. The van der Waals surface area contributed by atoms with Gasteiger partial charge >= 0.3 is 19.8 Å². The monoisotopic (exact) mass is 310 g/mol. The Balaban J connectivity index is 4.22. The molecule has 0 aromatic heterocycles. The lowest BCUT2D eigenvalue weighted by Gasteiger charge is -2.16. The van der Waals surface area contributed by atoms with Gasteiger partial charge in [0.25, 0.3) is 0 Å². The van der Waals surface area contributed by atoms with Crippen molar-refractivity contribution < 1.29 is 37.9 Å². The predicted octanol–water partition coefficient (Wildman–Crippen LogP) is 0.927. The molecule has 0 heterocycles. The summed E-state index contributed by atoms with van der Waals surface area (Å²) in [6.45, 7) is 4.64. The molecule has 0 aromatic carbocycles. The fourth-order valence-corrected chi connectivity index (χ4v) is 1.73. The molecule has 0 fully saturated rings. The molecule has 0 bridgehead atoms. The minimum Gasteiger partial charge on any atom is -0.460 e. The summed E-state index contributed by atoms with van der Waals surface area (Å²) >= 11 is 0. The van der Waals surface area contributed by atoms with Crippen LogP contribution in [0.4, 0.5) is 0 Å². The van der Waals surface area contributed by atoms with Crippen LogP contribution in [0.15, 0.2) is 12.7 Å². The topological polar surface area (TPSA) is 119 Å². The zero-order valence-electron chi connectivity index (χ0n) is 11.2. The third-order valence-corrected chi connectivity index (χ3v) is 2.62. The first kappa shape index (κ1) is 18.8. The molecule has 8 nitrogen and oxygen atoms in total. The van der Waals surface area contributed by atoms with Gasteiger partial charge in [-0.15, -0.1) is 0 Å². The molecule has 1 atom stereocenters. The average molecular weight is 310 g/mol. The van der Waals surface area contributed by atoms with E-state index in [1.807, 2.05) is 6.92 Å². The van der Waals surface area contributed by atoms with Crippen LogP contribution < -0.4 is 0 Å². The maximum absolute atomic E-state index is 11.6. The van der Waals surface area contributed by atoms with E-state index in [9.17, 15) is 14.2 Å². The lowest BCUT2D eigenvalue weighted by atomic mass is 10.2. The minimum atomic E-state index is -4.77. The van der Waals surface area contributed by atoms with Crippen LogP contribution in [0.3, 0.4) is 0 Å². The summed E-state index contributed by atoms with van der Waals surface area (Å²) < 4.78 is 24.4. The second kappa shape index (κ2) is 9.66.